The number of likely N-dealkylation sites (tertiary alicyclic amines) is 1. The van der Waals surface area contributed by atoms with Gasteiger partial charge in [0, 0.05) is 12.1 Å². The molecule has 1 fully saturated rings. The predicted octanol–water partition coefficient (Wildman–Crippen LogP) is 1.97. The van der Waals surface area contributed by atoms with Gasteiger partial charge >= 0.3 is 0 Å². The lowest BCUT2D eigenvalue weighted by Crippen LogP contribution is -2.38. The molecular weight excluding hydrogens is 252 g/mol. The lowest BCUT2D eigenvalue weighted by molar-refractivity contribution is -0.122. The summed E-state index contributed by atoms with van der Waals surface area (Å²) in [5, 5.41) is 3.08. The van der Waals surface area contributed by atoms with Crippen molar-refractivity contribution in [3.8, 4) is 5.75 Å². The Bertz CT molecular complexity index is 513. The molecule has 1 atom stereocenters. The molecule has 0 radical (unpaired) electrons. The van der Waals surface area contributed by atoms with E-state index >= 15 is 0 Å². The highest BCUT2D eigenvalue weighted by molar-refractivity contribution is 5.78. The molecule has 0 bridgehead atoms. The monoisotopic (exact) mass is 274 g/mol. The fraction of sp³-hybridized carbons (Fsp3) is 0.562. The molecule has 4 nitrogen and oxygen atoms in total. The number of nitrogens with zero attached hydrogens (tertiary/aromatic N) is 1. The van der Waals surface area contributed by atoms with Gasteiger partial charge in [0.05, 0.1) is 12.6 Å². The molecule has 1 N–H and O–H groups in total. The minimum absolute atomic E-state index is 0.00527. The number of hydrogen-bond acceptors (Lipinski definition) is 3. The molecule has 20 heavy (non-hydrogen) atoms. The second-order valence-electron chi connectivity index (χ2n) is 6.59. The molecule has 4 heteroatoms. The molecule has 0 aromatic heterocycles. The lowest BCUT2D eigenvalue weighted by Gasteiger charge is -2.20. The molecule has 2 heterocycles. The predicted molar refractivity (Wildman–Crippen MR) is 77.7 cm³/mol. The summed E-state index contributed by atoms with van der Waals surface area (Å²) in [7, 11) is 0. The van der Waals surface area contributed by atoms with E-state index < -0.39 is 0 Å². The molecule has 1 aromatic rings. The van der Waals surface area contributed by atoms with Crippen molar-refractivity contribution in [2.45, 2.75) is 26.3 Å². The third kappa shape index (κ3) is 2.80. The van der Waals surface area contributed by atoms with Crippen LogP contribution >= 0.6 is 0 Å². The van der Waals surface area contributed by atoms with Crippen LogP contribution in [0.2, 0.25) is 0 Å². The van der Waals surface area contributed by atoms with Gasteiger partial charge < -0.3 is 10.1 Å². The zero-order valence-electron chi connectivity index (χ0n) is 12.2. The average Bonchev–Trinajstić information content (AvgIpc) is 2.94. The molecule has 0 aliphatic carbocycles. The van der Waals surface area contributed by atoms with E-state index in [0.717, 1.165) is 30.8 Å². The van der Waals surface area contributed by atoms with Gasteiger partial charge in [0.15, 0.2) is 0 Å². The third-order valence-electron chi connectivity index (χ3n) is 4.16. The van der Waals surface area contributed by atoms with Gasteiger partial charge in [-0.2, -0.15) is 0 Å². The van der Waals surface area contributed by atoms with E-state index in [1.165, 1.54) is 0 Å². The van der Waals surface area contributed by atoms with Crippen molar-refractivity contribution >= 4 is 5.91 Å². The summed E-state index contributed by atoms with van der Waals surface area (Å²) in [6.07, 6.45) is 1.16. The van der Waals surface area contributed by atoms with Gasteiger partial charge in [0.1, 0.15) is 12.4 Å². The van der Waals surface area contributed by atoms with E-state index in [-0.39, 0.29) is 11.9 Å². The van der Waals surface area contributed by atoms with Crippen LogP contribution in [0.1, 0.15) is 31.9 Å². The van der Waals surface area contributed by atoms with Crippen LogP contribution in [0.5, 0.6) is 5.75 Å². The van der Waals surface area contributed by atoms with Crippen LogP contribution in [0.3, 0.4) is 0 Å². The SMILES string of the molecule is CC1(C)CCN(CC(=O)N[C@@H]2COc3ccccc32)C1. The van der Waals surface area contributed by atoms with Crippen molar-refractivity contribution in [2.24, 2.45) is 5.41 Å². The second kappa shape index (κ2) is 5.09. The number of rotatable bonds is 3. The maximum atomic E-state index is 12.2. The molecule has 0 unspecified atom stereocenters. The largest absolute Gasteiger partial charge is 0.491 e. The van der Waals surface area contributed by atoms with Crippen LogP contribution in [-0.4, -0.2) is 37.0 Å². The molecule has 1 saturated heterocycles. The van der Waals surface area contributed by atoms with Crippen molar-refractivity contribution in [2.75, 3.05) is 26.2 Å². The van der Waals surface area contributed by atoms with Gasteiger partial charge in [0.2, 0.25) is 5.91 Å². The van der Waals surface area contributed by atoms with E-state index in [4.69, 9.17) is 4.74 Å². The summed E-state index contributed by atoms with van der Waals surface area (Å²) in [6.45, 7) is 7.55. The van der Waals surface area contributed by atoms with Crippen LogP contribution < -0.4 is 10.1 Å². The quantitative estimate of drug-likeness (QED) is 0.916. The summed E-state index contributed by atoms with van der Waals surface area (Å²) in [4.78, 5) is 14.4. The zero-order valence-corrected chi connectivity index (χ0v) is 12.2. The molecular formula is C16H22N2O2. The fourth-order valence-corrected chi connectivity index (χ4v) is 3.08. The number of fused-ring (bicyclic) bond motifs is 1. The van der Waals surface area contributed by atoms with Crippen molar-refractivity contribution in [1.82, 2.24) is 10.2 Å². The summed E-state index contributed by atoms with van der Waals surface area (Å²) < 4.78 is 5.59. The molecule has 108 valence electrons. The highest BCUT2D eigenvalue weighted by atomic mass is 16.5. The molecule has 3 rings (SSSR count). The van der Waals surface area contributed by atoms with E-state index in [0.29, 0.717) is 18.6 Å². The van der Waals surface area contributed by atoms with Gasteiger partial charge in [-0.05, 0) is 24.4 Å². The number of nitrogens with one attached hydrogen (secondary N) is 1. The number of benzene rings is 1. The minimum atomic E-state index is -0.00527. The average molecular weight is 274 g/mol. The maximum Gasteiger partial charge on any atom is 0.234 e. The summed E-state index contributed by atoms with van der Waals surface area (Å²) in [5.74, 6) is 0.980. The first kappa shape index (κ1) is 13.4. The number of carbonyl (C=O) groups is 1. The fourth-order valence-electron chi connectivity index (χ4n) is 3.08. The van der Waals surface area contributed by atoms with Crippen molar-refractivity contribution < 1.29 is 9.53 Å². The topological polar surface area (TPSA) is 41.6 Å². The summed E-state index contributed by atoms with van der Waals surface area (Å²) in [6, 6.07) is 7.90. The number of amides is 1. The molecule has 0 spiro atoms. The number of para-hydroxylation sites is 1. The summed E-state index contributed by atoms with van der Waals surface area (Å²) >= 11 is 0. The van der Waals surface area contributed by atoms with Crippen molar-refractivity contribution in [3.63, 3.8) is 0 Å². The zero-order chi connectivity index (χ0) is 14.2. The Morgan fingerprint density at radius 2 is 2.25 bits per heavy atom. The first-order valence-electron chi connectivity index (χ1n) is 7.27. The summed E-state index contributed by atoms with van der Waals surface area (Å²) in [5.41, 5.74) is 1.42. The van der Waals surface area contributed by atoms with Gasteiger partial charge in [0.25, 0.3) is 0 Å². The van der Waals surface area contributed by atoms with Crippen LogP contribution in [-0.2, 0) is 4.79 Å². The second-order valence-corrected chi connectivity index (χ2v) is 6.59. The Morgan fingerprint density at radius 1 is 1.45 bits per heavy atom. The molecule has 1 aromatic carbocycles. The van der Waals surface area contributed by atoms with Crippen LogP contribution in [0.15, 0.2) is 24.3 Å². The van der Waals surface area contributed by atoms with E-state index in [1.807, 2.05) is 24.3 Å². The van der Waals surface area contributed by atoms with Crippen LogP contribution in [0, 0.1) is 5.41 Å². The smallest absolute Gasteiger partial charge is 0.234 e. The lowest BCUT2D eigenvalue weighted by atomic mass is 9.93. The molecule has 1 amide bonds. The first-order chi connectivity index (χ1) is 9.53. The third-order valence-corrected chi connectivity index (χ3v) is 4.16. The highest BCUT2D eigenvalue weighted by Gasteiger charge is 2.31. The van der Waals surface area contributed by atoms with Gasteiger partial charge in [-0.15, -0.1) is 0 Å². The maximum absolute atomic E-state index is 12.2. The molecule has 2 aliphatic rings. The Morgan fingerprint density at radius 3 is 3.00 bits per heavy atom. The Hall–Kier alpha value is -1.55. The number of ether oxygens (including phenoxy) is 1. The van der Waals surface area contributed by atoms with Crippen LogP contribution in [0.25, 0.3) is 0 Å². The first-order valence-corrected chi connectivity index (χ1v) is 7.27. The van der Waals surface area contributed by atoms with Gasteiger partial charge in [-0.1, -0.05) is 32.0 Å². The van der Waals surface area contributed by atoms with E-state index in [2.05, 4.69) is 24.1 Å². The van der Waals surface area contributed by atoms with Gasteiger partial charge in [-0.3, -0.25) is 9.69 Å². The van der Waals surface area contributed by atoms with Crippen LogP contribution in [0.4, 0.5) is 0 Å². The Labute approximate surface area is 120 Å². The molecule has 0 saturated carbocycles. The Balaban J connectivity index is 1.56. The Kier molecular flexibility index (Phi) is 3.42. The van der Waals surface area contributed by atoms with Crippen molar-refractivity contribution in [1.29, 1.82) is 0 Å². The number of carbonyl (C=O) groups excluding carboxylic acids is 1. The van der Waals surface area contributed by atoms with E-state index in [9.17, 15) is 4.79 Å². The highest BCUT2D eigenvalue weighted by Crippen LogP contribution is 2.32. The number of hydrogen-bond donors (Lipinski definition) is 1. The molecule has 2 aliphatic heterocycles. The van der Waals surface area contributed by atoms with E-state index in [1.54, 1.807) is 0 Å². The normalized spacial score (nSPS) is 24.2. The van der Waals surface area contributed by atoms with Crippen molar-refractivity contribution in [3.05, 3.63) is 29.8 Å². The standard InChI is InChI=1S/C16H22N2O2/c1-16(2)7-8-18(11-16)9-15(19)17-13-10-20-14-6-4-3-5-12(13)14/h3-6,13H,7-11H2,1-2H3,(H,17,19)/t13-/m1/s1. The van der Waals surface area contributed by atoms with Gasteiger partial charge in [-0.25, -0.2) is 0 Å². The minimum Gasteiger partial charge on any atom is -0.491 e.